The summed E-state index contributed by atoms with van der Waals surface area (Å²) in [6.07, 6.45) is 0.206. The molecule has 0 N–H and O–H groups in total. The summed E-state index contributed by atoms with van der Waals surface area (Å²) in [4.78, 5) is 25.3. The molecule has 3 aromatic rings. The van der Waals surface area contributed by atoms with Crippen molar-refractivity contribution in [1.29, 1.82) is 0 Å². The Kier molecular flexibility index (Phi) is 5.62. The smallest absolute Gasteiger partial charge is 0.341 e. The average molecular weight is 493 g/mol. The van der Waals surface area contributed by atoms with Gasteiger partial charge in [0.2, 0.25) is 11.9 Å². The monoisotopic (exact) mass is 492 g/mol. The molecule has 2 aliphatic rings. The normalized spacial score (nSPS) is 18.7. The Morgan fingerprint density at radius 1 is 1.03 bits per heavy atom. The minimum absolute atomic E-state index is 0.000730. The molecule has 0 bridgehead atoms. The van der Waals surface area contributed by atoms with Gasteiger partial charge in [0.1, 0.15) is 5.82 Å². The number of benzene rings is 2. The molecule has 0 saturated carbocycles. The van der Waals surface area contributed by atoms with E-state index in [9.17, 15) is 22.4 Å². The van der Waals surface area contributed by atoms with E-state index in [1.54, 1.807) is 11.0 Å². The number of nitrogens with zero attached hydrogens (tertiary/aromatic N) is 4. The van der Waals surface area contributed by atoms with Gasteiger partial charge in [-0.25, -0.2) is 14.4 Å². The summed E-state index contributed by atoms with van der Waals surface area (Å²) < 4.78 is 53.5. The Labute approximate surface area is 198 Å². The van der Waals surface area contributed by atoms with E-state index >= 15 is 0 Å². The van der Waals surface area contributed by atoms with Crippen molar-refractivity contribution in [2.75, 3.05) is 22.9 Å². The predicted molar refractivity (Wildman–Crippen MR) is 121 cm³/mol. The zero-order valence-corrected chi connectivity index (χ0v) is 18.8. The first kappa shape index (κ1) is 22.8. The molecule has 0 aliphatic carbocycles. The average Bonchev–Trinajstić information content (AvgIpc) is 2.80. The maximum atomic E-state index is 14.2. The van der Waals surface area contributed by atoms with Crippen LogP contribution in [0.15, 0.2) is 42.6 Å². The van der Waals surface area contributed by atoms with Gasteiger partial charge in [-0.05, 0) is 56.0 Å². The molecule has 2 aliphatic heterocycles. The van der Waals surface area contributed by atoms with Crippen molar-refractivity contribution in [3.8, 4) is 0 Å². The Morgan fingerprint density at radius 3 is 2.50 bits per heavy atom. The van der Waals surface area contributed by atoms with E-state index < -0.39 is 23.1 Å². The van der Waals surface area contributed by atoms with Crippen LogP contribution in [-0.2, 0) is 11.0 Å². The lowest BCUT2D eigenvalue weighted by Crippen LogP contribution is -2.60. The Bertz CT molecular complexity index is 1260. The van der Waals surface area contributed by atoms with Gasteiger partial charge in [0, 0.05) is 36.8 Å². The molecule has 0 radical (unpaired) electrons. The molecule has 5 rings (SSSR count). The molecular weight excluding hydrogens is 472 g/mol. The molecule has 1 spiro atoms. The van der Waals surface area contributed by atoms with E-state index in [0.717, 1.165) is 25.0 Å². The summed E-state index contributed by atoms with van der Waals surface area (Å²) in [5.74, 6) is -0.274. The second-order valence-corrected chi connectivity index (χ2v) is 9.24. The maximum absolute atomic E-state index is 14.2. The summed E-state index contributed by atoms with van der Waals surface area (Å²) in [6.45, 7) is 1.04. The SMILES string of the molecule is O=C1CCCC2(CCN(c3ncc4ccc(C(F)(F)F)cc4n3)CC2)N1c1ccc(Cl)c(F)c1. The Hall–Kier alpha value is -2.94. The Balaban J connectivity index is 1.41. The van der Waals surface area contributed by atoms with Crippen LogP contribution in [0.3, 0.4) is 0 Å². The number of hydrogen-bond donors (Lipinski definition) is 0. The Morgan fingerprint density at radius 2 is 1.79 bits per heavy atom. The third kappa shape index (κ3) is 4.06. The quantitative estimate of drug-likeness (QED) is 0.412. The highest BCUT2D eigenvalue weighted by Crippen LogP contribution is 2.42. The van der Waals surface area contributed by atoms with Crippen LogP contribution in [0.2, 0.25) is 5.02 Å². The number of hydrogen-bond acceptors (Lipinski definition) is 4. The van der Waals surface area contributed by atoms with Crippen molar-refractivity contribution >= 4 is 40.0 Å². The number of anilines is 2. The summed E-state index contributed by atoms with van der Waals surface area (Å²) in [5, 5.41) is 0.526. The van der Waals surface area contributed by atoms with Crippen LogP contribution in [0.5, 0.6) is 0 Å². The zero-order chi connectivity index (χ0) is 24.1. The molecule has 3 heterocycles. The number of carbonyl (C=O) groups is 1. The number of carbonyl (C=O) groups excluding carboxylic acids is 1. The molecule has 10 heteroatoms. The molecule has 2 saturated heterocycles. The number of amides is 1. The standard InChI is InChI=1S/C24H21ClF4N4O/c25-18-6-5-17(13-19(18)26)33-21(34)2-1-7-23(33)8-10-32(11-9-23)22-30-14-15-3-4-16(24(27,28)29)12-20(15)31-22/h3-6,12-14H,1-2,7-11H2. The first-order valence-corrected chi connectivity index (χ1v) is 11.4. The third-order valence-corrected chi connectivity index (χ3v) is 7.10. The predicted octanol–water partition coefficient (Wildman–Crippen LogP) is 6.00. The van der Waals surface area contributed by atoms with Crippen molar-refractivity contribution in [3.63, 3.8) is 0 Å². The number of fused-ring (bicyclic) bond motifs is 1. The first-order chi connectivity index (χ1) is 16.2. The fraction of sp³-hybridized carbons (Fsp3) is 0.375. The van der Waals surface area contributed by atoms with E-state index in [-0.39, 0.29) is 16.4 Å². The van der Waals surface area contributed by atoms with Crippen molar-refractivity contribution in [2.45, 2.75) is 43.8 Å². The minimum atomic E-state index is -4.45. The van der Waals surface area contributed by atoms with Crippen molar-refractivity contribution in [1.82, 2.24) is 9.97 Å². The lowest BCUT2D eigenvalue weighted by molar-refractivity contribution is -0.137. The number of aromatic nitrogens is 2. The van der Waals surface area contributed by atoms with Gasteiger partial charge in [-0.15, -0.1) is 0 Å². The van der Waals surface area contributed by atoms with E-state index in [4.69, 9.17) is 11.6 Å². The van der Waals surface area contributed by atoms with E-state index in [1.807, 2.05) is 4.90 Å². The van der Waals surface area contributed by atoms with Crippen LogP contribution < -0.4 is 9.80 Å². The van der Waals surface area contributed by atoms with Crippen molar-refractivity contribution in [3.05, 3.63) is 59.0 Å². The lowest BCUT2D eigenvalue weighted by atomic mass is 9.78. The molecule has 178 valence electrons. The van der Waals surface area contributed by atoms with Crippen LogP contribution in [0.25, 0.3) is 10.9 Å². The second-order valence-electron chi connectivity index (χ2n) is 8.83. The molecule has 0 atom stereocenters. The molecule has 1 amide bonds. The highest BCUT2D eigenvalue weighted by molar-refractivity contribution is 6.30. The number of rotatable bonds is 2. The summed E-state index contributed by atoms with van der Waals surface area (Å²) in [7, 11) is 0. The topological polar surface area (TPSA) is 49.3 Å². The first-order valence-electron chi connectivity index (χ1n) is 11.0. The molecule has 2 fully saturated rings. The van der Waals surface area contributed by atoms with Gasteiger partial charge in [0.15, 0.2) is 0 Å². The van der Waals surface area contributed by atoms with Crippen molar-refractivity contribution < 1.29 is 22.4 Å². The number of alkyl halides is 3. The van der Waals surface area contributed by atoms with Crippen LogP contribution in [0.4, 0.5) is 29.2 Å². The summed E-state index contributed by atoms with van der Waals surface area (Å²) in [5.41, 5.74) is -0.506. The number of piperidine rings is 2. The van der Waals surface area contributed by atoms with E-state index in [2.05, 4.69) is 9.97 Å². The van der Waals surface area contributed by atoms with Crippen LogP contribution in [-0.4, -0.2) is 34.5 Å². The molecule has 0 unspecified atom stereocenters. The highest BCUT2D eigenvalue weighted by atomic mass is 35.5. The summed E-state index contributed by atoms with van der Waals surface area (Å²) >= 11 is 5.83. The third-order valence-electron chi connectivity index (χ3n) is 6.79. The molecule has 5 nitrogen and oxygen atoms in total. The van der Waals surface area contributed by atoms with Gasteiger partial charge < -0.3 is 9.80 Å². The molecular formula is C24H21ClF4N4O. The minimum Gasteiger partial charge on any atom is -0.341 e. The van der Waals surface area contributed by atoms with Gasteiger partial charge in [0.05, 0.1) is 21.6 Å². The fourth-order valence-electron chi connectivity index (χ4n) is 5.04. The van der Waals surface area contributed by atoms with Crippen molar-refractivity contribution in [2.24, 2.45) is 0 Å². The van der Waals surface area contributed by atoms with Crippen LogP contribution in [0, 0.1) is 5.82 Å². The van der Waals surface area contributed by atoms with E-state index in [1.165, 1.54) is 24.4 Å². The van der Waals surface area contributed by atoms with Gasteiger partial charge in [-0.1, -0.05) is 17.7 Å². The maximum Gasteiger partial charge on any atom is 0.416 e. The number of halogens is 5. The summed E-state index contributed by atoms with van der Waals surface area (Å²) in [6, 6.07) is 7.82. The van der Waals surface area contributed by atoms with Gasteiger partial charge in [-0.2, -0.15) is 13.2 Å². The van der Waals surface area contributed by atoms with Crippen LogP contribution in [0.1, 0.15) is 37.7 Å². The van der Waals surface area contributed by atoms with E-state index in [0.29, 0.717) is 49.4 Å². The highest BCUT2D eigenvalue weighted by Gasteiger charge is 2.45. The fourth-order valence-corrected chi connectivity index (χ4v) is 5.16. The molecule has 34 heavy (non-hydrogen) atoms. The molecule has 1 aromatic heterocycles. The van der Waals surface area contributed by atoms with Gasteiger partial charge in [-0.3, -0.25) is 4.79 Å². The lowest BCUT2D eigenvalue weighted by Gasteiger charge is -2.51. The van der Waals surface area contributed by atoms with Gasteiger partial charge in [0.25, 0.3) is 0 Å². The van der Waals surface area contributed by atoms with Gasteiger partial charge >= 0.3 is 6.18 Å². The molecule has 2 aromatic carbocycles. The second kappa shape index (κ2) is 8.37. The van der Waals surface area contributed by atoms with Crippen LogP contribution >= 0.6 is 11.6 Å². The zero-order valence-electron chi connectivity index (χ0n) is 18.1. The largest absolute Gasteiger partial charge is 0.416 e.